The Bertz CT molecular complexity index is 875. The van der Waals surface area contributed by atoms with E-state index in [2.05, 4.69) is 4.98 Å². The Balaban J connectivity index is 3.15. The highest BCUT2D eigenvalue weighted by atomic mass is 16.4. The standard InChI is InChI=1S/C13H13N3O5/c1-13(2,12(14)21)16-8-6(11(19)20)4-3-5-7(8)15-9(17)10(16)18/h3-5H,1-2H3,(H2,14,21)(H,15,17)(H,19,20). The van der Waals surface area contributed by atoms with Gasteiger partial charge < -0.3 is 15.8 Å². The van der Waals surface area contributed by atoms with Crippen molar-refractivity contribution in [1.29, 1.82) is 0 Å². The zero-order valence-corrected chi connectivity index (χ0v) is 11.3. The number of carboxylic acids is 1. The fourth-order valence-electron chi connectivity index (χ4n) is 2.08. The van der Waals surface area contributed by atoms with E-state index in [0.29, 0.717) is 0 Å². The number of carbonyl (C=O) groups is 2. The molecule has 1 aromatic heterocycles. The van der Waals surface area contributed by atoms with Crippen LogP contribution >= 0.6 is 0 Å². The Hall–Kier alpha value is -2.90. The first kappa shape index (κ1) is 14.5. The molecule has 0 aliphatic heterocycles. The molecule has 0 bridgehead atoms. The van der Waals surface area contributed by atoms with Crippen LogP contribution in [0.15, 0.2) is 27.8 Å². The minimum atomic E-state index is -1.56. The first-order valence-corrected chi connectivity index (χ1v) is 5.99. The topological polar surface area (TPSA) is 135 Å². The van der Waals surface area contributed by atoms with Gasteiger partial charge in [0.15, 0.2) is 0 Å². The zero-order chi connectivity index (χ0) is 15.9. The normalized spacial score (nSPS) is 11.5. The van der Waals surface area contributed by atoms with Crippen molar-refractivity contribution in [3.8, 4) is 0 Å². The minimum Gasteiger partial charge on any atom is -0.478 e. The maximum absolute atomic E-state index is 12.1. The zero-order valence-electron chi connectivity index (χ0n) is 11.3. The number of amides is 1. The fourth-order valence-corrected chi connectivity index (χ4v) is 2.08. The molecule has 110 valence electrons. The lowest BCUT2D eigenvalue weighted by Crippen LogP contribution is -2.51. The van der Waals surface area contributed by atoms with Crippen molar-refractivity contribution in [2.24, 2.45) is 5.73 Å². The molecule has 0 radical (unpaired) electrons. The smallest absolute Gasteiger partial charge is 0.337 e. The van der Waals surface area contributed by atoms with Crippen molar-refractivity contribution < 1.29 is 14.7 Å². The van der Waals surface area contributed by atoms with Gasteiger partial charge in [-0.2, -0.15) is 0 Å². The fraction of sp³-hybridized carbons (Fsp3) is 0.231. The van der Waals surface area contributed by atoms with E-state index in [9.17, 15) is 24.3 Å². The highest BCUT2D eigenvalue weighted by molar-refractivity contribution is 6.01. The highest BCUT2D eigenvalue weighted by Crippen LogP contribution is 2.21. The molecule has 0 saturated carbocycles. The van der Waals surface area contributed by atoms with Crippen LogP contribution < -0.4 is 16.9 Å². The van der Waals surface area contributed by atoms with Crippen LogP contribution in [0.25, 0.3) is 11.0 Å². The third-order valence-corrected chi connectivity index (χ3v) is 3.30. The van der Waals surface area contributed by atoms with Crippen molar-refractivity contribution in [3.05, 3.63) is 44.5 Å². The molecule has 0 atom stereocenters. The first-order chi connectivity index (χ1) is 9.67. The Morgan fingerprint density at radius 3 is 2.43 bits per heavy atom. The SMILES string of the molecule is CC(C)(C(N)=O)n1c(=O)c(=O)[nH]c2cccc(C(=O)O)c21. The van der Waals surface area contributed by atoms with Gasteiger partial charge in [0, 0.05) is 0 Å². The molecule has 2 aromatic rings. The molecule has 8 nitrogen and oxygen atoms in total. The Kier molecular flexibility index (Phi) is 3.17. The van der Waals surface area contributed by atoms with Crippen molar-refractivity contribution in [2.75, 3.05) is 0 Å². The van der Waals surface area contributed by atoms with E-state index < -0.39 is 28.5 Å². The number of para-hydroxylation sites is 1. The number of hydrogen-bond donors (Lipinski definition) is 3. The van der Waals surface area contributed by atoms with Gasteiger partial charge in [0.05, 0.1) is 16.6 Å². The number of hydrogen-bond acceptors (Lipinski definition) is 4. The van der Waals surface area contributed by atoms with Gasteiger partial charge in [-0.05, 0) is 26.0 Å². The molecule has 1 amide bonds. The summed E-state index contributed by atoms with van der Waals surface area (Å²) in [7, 11) is 0. The summed E-state index contributed by atoms with van der Waals surface area (Å²) >= 11 is 0. The predicted molar refractivity (Wildman–Crippen MR) is 74.3 cm³/mol. The number of nitrogens with two attached hydrogens (primary N) is 1. The number of benzene rings is 1. The van der Waals surface area contributed by atoms with Crippen molar-refractivity contribution in [1.82, 2.24) is 9.55 Å². The van der Waals surface area contributed by atoms with Crippen molar-refractivity contribution >= 4 is 22.9 Å². The van der Waals surface area contributed by atoms with Gasteiger partial charge >= 0.3 is 17.1 Å². The van der Waals surface area contributed by atoms with E-state index in [0.717, 1.165) is 4.57 Å². The summed E-state index contributed by atoms with van der Waals surface area (Å²) in [5.74, 6) is -2.15. The molecule has 4 N–H and O–H groups in total. The van der Waals surface area contributed by atoms with E-state index in [-0.39, 0.29) is 16.6 Å². The molecule has 0 spiro atoms. The van der Waals surface area contributed by atoms with E-state index in [4.69, 9.17) is 5.73 Å². The lowest BCUT2D eigenvalue weighted by atomic mass is 10.0. The molecule has 0 fully saturated rings. The number of nitrogens with one attached hydrogen (secondary N) is 1. The second-order valence-corrected chi connectivity index (χ2v) is 5.02. The molecule has 21 heavy (non-hydrogen) atoms. The summed E-state index contributed by atoms with van der Waals surface area (Å²) in [5, 5.41) is 9.25. The highest BCUT2D eigenvalue weighted by Gasteiger charge is 2.32. The quantitative estimate of drug-likeness (QED) is 0.662. The predicted octanol–water partition coefficient (Wildman–Crippen LogP) is -0.392. The number of aromatic carboxylic acids is 1. The maximum Gasteiger partial charge on any atom is 0.337 e. The van der Waals surface area contributed by atoms with Crippen LogP contribution in [0.3, 0.4) is 0 Å². The lowest BCUT2D eigenvalue weighted by molar-refractivity contribution is -0.125. The van der Waals surface area contributed by atoms with E-state index in [1.807, 2.05) is 0 Å². The van der Waals surface area contributed by atoms with Crippen LogP contribution in [0.2, 0.25) is 0 Å². The van der Waals surface area contributed by atoms with Gasteiger partial charge in [-0.3, -0.25) is 19.0 Å². The first-order valence-electron chi connectivity index (χ1n) is 5.99. The molecule has 0 aliphatic carbocycles. The number of nitrogens with zero attached hydrogens (tertiary/aromatic N) is 1. The van der Waals surface area contributed by atoms with E-state index in [1.165, 1.54) is 32.0 Å². The van der Waals surface area contributed by atoms with E-state index in [1.54, 1.807) is 0 Å². The average molecular weight is 291 g/mol. The van der Waals surface area contributed by atoms with Crippen LogP contribution in [-0.2, 0) is 10.3 Å². The maximum atomic E-state index is 12.1. The second kappa shape index (κ2) is 4.58. The van der Waals surface area contributed by atoms with Crippen LogP contribution in [0.4, 0.5) is 0 Å². The van der Waals surface area contributed by atoms with Crippen LogP contribution in [0, 0.1) is 0 Å². The Labute approximate surface area is 117 Å². The van der Waals surface area contributed by atoms with Crippen molar-refractivity contribution in [2.45, 2.75) is 19.4 Å². The molecular formula is C13H13N3O5. The molecule has 0 aliphatic rings. The Morgan fingerprint density at radius 2 is 1.90 bits per heavy atom. The summed E-state index contributed by atoms with van der Waals surface area (Å²) in [5.41, 5.74) is 1.58. The summed E-state index contributed by atoms with van der Waals surface area (Å²) in [6.45, 7) is 2.68. The van der Waals surface area contributed by atoms with Crippen molar-refractivity contribution in [3.63, 3.8) is 0 Å². The van der Waals surface area contributed by atoms with Gasteiger partial charge in [-0.25, -0.2) is 4.79 Å². The molecular weight excluding hydrogens is 278 g/mol. The number of rotatable bonds is 3. The minimum absolute atomic E-state index is 0.0570. The number of primary amides is 1. The van der Waals surface area contributed by atoms with Gasteiger partial charge in [-0.15, -0.1) is 0 Å². The van der Waals surface area contributed by atoms with Crippen LogP contribution in [-0.4, -0.2) is 26.5 Å². The second-order valence-electron chi connectivity index (χ2n) is 5.02. The molecule has 8 heteroatoms. The molecule has 2 rings (SSSR count). The number of aromatic nitrogens is 2. The van der Waals surface area contributed by atoms with Gasteiger partial charge in [0.1, 0.15) is 5.54 Å². The number of fused-ring (bicyclic) bond motifs is 1. The summed E-state index contributed by atoms with van der Waals surface area (Å²) in [4.78, 5) is 49.1. The number of carbonyl (C=O) groups excluding carboxylic acids is 1. The number of aromatic amines is 1. The summed E-state index contributed by atoms with van der Waals surface area (Å²) in [6, 6.07) is 4.14. The average Bonchev–Trinajstić information content (AvgIpc) is 2.38. The van der Waals surface area contributed by atoms with E-state index >= 15 is 0 Å². The Morgan fingerprint density at radius 1 is 1.29 bits per heavy atom. The van der Waals surface area contributed by atoms with Gasteiger partial charge in [-0.1, -0.05) is 6.07 Å². The summed E-state index contributed by atoms with van der Waals surface area (Å²) < 4.78 is 0.826. The summed E-state index contributed by atoms with van der Waals surface area (Å²) in [6.07, 6.45) is 0. The third-order valence-electron chi connectivity index (χ3n) is 3.30. The lowest BCUT2D eigenvalue weighted by Gasteiger charge is -2.25. The molecule has 1 aromatic carbocycles. The van der Waals surface area contributed by atoms with Gasteiger partial charge in [0.2, 0.25) is 5.91 Å². The van der Waals surface area contributed by atoms with Gasteiger partial charge in [0.25, 0.3) is 0 Å². The van der Waals surface area contributed by atoms with Crippen LogP contribution in [0.1, 0.15) is 24.2 Å². The number of H-pyrrole nitrogens is 1. The van der Waals surface area contributed by atoms with Crippen LogP contribution in [0.5, 0.6) is 0 Å². The number of carboxylic acid groups (broad SMARTS) is 1. The monoisotopic (exact) mass is 291 g/mol. The molecule has 1 heterocycles. The molecule has 0 saturated heterocycles. The largest absolute Gasteiger partial charge is 0.478 e. The third kappa shape index (κ3) is 2.10. The molecule has 0 unspecified atom stereocenters.